The van der Waals surface area contributed by atoms with Gasteiger partial charge in [0.05, 0.1) is 21.2 Å². The highest BCUT2D eigenvalue weighted by atomic mass is 32.1. The van der Waals surface area contributed by atoms with Crippen LogP contribution in [-0.2, 0) is 13.0 Å². The Morgan fingerprint density at radius 3 is 2.52 bits per heavy atom. The lowest BCUT2D eigenvalue weighted by Crippen LogP contribution is -2.33. The molecular weight excluding hydrogens is 391 g/mol. The number of hydrogen-bond acceptors (Lipinski definition) is 5. The molecule has 8 heteroatoms. The number of hydrogen-bond donors (Lipinski definition) is 1. The van der Waals surface area contributed by atoms with Crippen LogP contribution in [0.3, 0.4) is 0 Å². The molecule has 0 aliphatic rings. The predicted octanol–water partition coefficient (Wildman–Crippen LogP) is 3.92. The molecule has 146 valence electrons. The maximum Gasteiger partial charge on any atom is 0.270 e. The van der Waals surface area contributed by atoms with Crippen LogP contribution < -0.4 is 10.3 Å². The molecule has 0 amide bonds. The number of aromatic nitrogens is 2. The normalized spacial score (nSPS) is 12.2. The van der Waals surface area contributed by atoms with Crippen molar-refractivity contribution in [2.24, 2.45) is 5.73 Å². The van der Waals surface area contributed by atoms with E-state index in [0.717, 1.165) is 26.4 Å². The van der Waals surface area contributed by atoms with Crippen molar-refractivity contribution in [1.82, 2.24) is 4.98 Å². The molecule has 1 atom stereocenters. The number of thiazole rings is 1. The van der Waals surface area contributed by atoms with E-state index in [-0.39, 0.29) is 17.5 Å². The van der Waals surface area contributed by atoms with Crippen LogP contribution in [0.15, 0.2) is 67.0 Å². The fraction of sp³-hybridized carbons (Fsp3) is 0.143. The SMILES string of the molecule is NC(Cc1cc[n+](Cc2ccc(F)cc2)cc1)c1nc2ccc([N+](=O)[O-])cc2s1. The van der Waals surface area contributed by atoms with Crippen molar-refractivity contribution in [2.45, 2.75) is 19.0 Å². The standard InChI is InChI=1S/C21H18FN4O2S/c22-16-3-1-15(2-4-16)13-25-9-7-14(8-10-25)11-18(23)21-24-19-6-5-17(26(27)28)12-20(19)29-21/h1-10,12,18H,11,13,23H2/q+1. The molecule has 0 fully saturated rings. The van der Waals surface area contributed by atoms with Crippen molar-refractivity contribution in [3.63, 3.8) is 0 Å². The van der Waals surface area contributed by atoms with E-state index in [1.165, 1.54) is 35.6 Å². The van der Waals surface area contributed by atoms with Crippen LogP contribution in [-0.4, -0.2) is 9.91 Å². The third kappa shape index (κ3) is 4.44. The number of nitrogens with two attached hydrogens (primary N) is 1. The molecule has 0 bridgehead atoms. The van der Waals surface area contributed by atoms with Gasteiger partial charge in [0.1, 0.15) is 10.8 Å². The van der Waals surface area contributed by atoms with Crippen molar-refractivity contribution in [1.29, 1.82) is 0 Å². The van der Waals surface area contributed by atoms with Crippen LogP contribution in [0.1, 0.15) is 22.2 Å². The second-order valence-electron chi connectivity index (χ2n) is 6.78. The van der Waals surface area contributed by atoms with Crippen LogP contribution in [0.25, 0.3) is 10.2 Å². The Balaban J connectivity index is 1.45. The third-order valence-corrected chi connectivity index (χ3v) is 5.76. The molecule has 4 rings (SSSR count). The van der Waals surface area contributed by atoms with E-state index in [4.69, 9.17) is 5.73 Å². The van der Waals surface area contributed by atoms with Gasteiger partial charge in [-0.2, -0.15) is 0 Å². The summed E-state index contributed by atoms with van der Waals surface area (Å²) in [5.74, 6) is -0.243. The summed E-state index contributed by atoms with van der Waals surface area (Å²) in [6.07, 6.45) is 4.54. The minimum absolute atomic E-state index is 0.0510. The minimum atomic E-state index is -0.413. The number of non-ortho nitro benzene ring substituents is 1. The first-order valence-corrected chi connectivity index (χ1v) is 9.82. The van der Waals surface area contributed by atoms with Gasteiger partial charge in [-0.3, -0.25) is 10.1 Å². The average molecular weight is 409 g/mol. The van der Waals surface area contributed by atoms with Gasteiger partial charge in [0.2, 0.25) is 0 Å². The number of nitro benzene ring substituents is 1. The number of nitro groups is 1. The van der Waals surface area contributed by atoms with E-state index < -0.39 is 4.92 Å². The molecule has 0 aliphatic heterocycles. The summed E-state index contributed by atoms with van der Waals surface area (Å²) in [5.41, 5.74) is 9.19. The lowest BCUT2D eigenvalue weighted by Gasteiger charge is -2.07. The van der Waals surface area contributed by atoms with E-state index in [9.17, 15) is 14.5 Å². The van der Waals surface area contributed by atoms with E-state index in [0.29, 0.717) is 13.0 Å². The van der Waals surface area contributed by atoms with Gasteiger partial charge in [-0.25, -0.2) is 13.9 Å². The van der Waals surface area contributed by atoms with Crippen LogP contribution in [0.2, 0.25) is 0 Å². The fourth-order valence-electron chi connectivity index (χ4n) is 3.07. The monoisotopic (exact) mass is 409 g/mol. The Labute approximate surface area is 170 Å². The molecule has 2 aromatic heterocycles. The molecule has 29 heavy (non-hydrogen) atoms. The highest BCUT2D eigenvalue weighted by Crippen LogP contribution is 2.29. The van der Waals surface area contributed by atoms with Crippen molar-refractivity contribution in [2.75, 3.05) is 0 Å². The molecule has 2 N–H and O–H groups in total. The topological polar surface area (TPSA) is 85.9 Å². The van der Waals surface area contributed by atoms with Crippen molar-refractivity contribution in [3.05, 3.63) is 99.1 Å². The molecule has 0 aliphatic carbocycles. The van der Waals surface area contributed by atoms with E-state index >= 15 is 0 Å². The van der Waals surface area contributed by atoms with Crippen LogP contribution in [0, 0.1) is 15.9 Å². The number of pyridine rings is 1. The van der Waals surface area contributed by atoms with Crippen molar-refractivity contribution < 1.29 is 13.9 Å². The van der Waals surface area contributed by atoms with Gasteiger partial charge < -0.3 is 5.73 Å². The first-order valence-electron chi connectivity index (χ1n) is 9.01. The molecule has 2 aromatic carbocycles. The van der Waals surface area contributed by atoms with Crippen LogP contribution >= 0.6 is 11.3 Å². The van der Waals surface area contributed by atoms with E-state index in [1.54, 1.807) is 18.2 Å². The molecule has 0 radical (unpaired) electrons. The van der Waals surface area contributed by atoms with Crippen LogP contribution in [0.4, 0.5) is 10.1 Å². The largest absolute Gasteiger partial charge is 0.322 e. The zero-order valence-corrected chi connectivity index (χ0v) is 16.2. The number of fused-ring (bicyclic) bond motifs is 1. The Kier molecular flexibility index (Phi) is 5.28. The Hall–Kier alpha value is -3.23. The third-order valence-electron chi connectivity index (χ3n) is 4.61. The van der Waals surface area contributed by atoms with Gasteiger partial charge >= 0.3 is 0 Å². The van der Waals surface area contributed by atoms with Gasteiger partial charge in [-0.15, -0.1) is 11.3 Å². The zero-order valence-electron chi connectivity index (χ0n) is 15.4. The Morgan fingerprint density at radius 2 is 1.83 bits per heavy atom. The Morgan fingerprint density at radius 1 is 1.10 bits per heavy atom. The first-order chi connectivity index (χ1) is 14.0. The summed E-state index contributed by atoms with van der Waals surface area (Å²) in [6, 6.07) is 14.8. The number of nitrogens with zero attached hydrogens (tertiary/aromatic N) is 3. The van der Waals surface area contributed by atoms with Gasteiger partial charge in [0, 0.05) is 29.8 Å². The van der Waals surface area contributed by atoms with Gasteiger partial charge in [-0.05, 0) is 42.3 Å². The smallest absolute Gasteiger partial charge is 0.270 e. The lowest BCUT2D eigenvalue weighted by molar-refractivity contribution is -0.688. The summed E-state index contributed by atoms with van der Waals surface area (Å²) in [4.78, 5) is 15.0. The average Bonchev–Trinajstić information content (AvgIpc) is 3.15. The highest BCUT2D eigenvalue weighted by Gasteiger charge is 2.16. The number of rotatable bonds is 6. The molecular formula is C21H18FN4O2S+. The molecule has 2 heterocycles. The highest BCUT2D eigenvalue weighted by molar-refractivity contribution is 7.18. The number of halogens is 1. The van der Waals surface area contributed by atoms with Gasteiger partial charge in [0.15, 0.2) is 18.9 Å². The predicted molar refractivity (Wildman–Crippen MR) is 109 cm³/mol. The quantitative estimate of drug-likeness (QED) is 0.297. The fourth-order valence-corrected chi connectivity index (χ4v) is 4.08. The van der Waals surface area contributed by atoms with Gasteiger partial charge in [-0.1, -0.05) is 0 Å². The Bertz CT molecular complexity index is 1160. The van der Waals surface area contributed by atoms with Crippen molar-refractivity contribution >= 4 is 27.2 Å². The maximum atomic E-state index is 13.0. The minimum Gasteiger partial charge on any atom is -0.322 e. The van der Waals surface area contributed by atoms with E-state index in [1.807, 2.05) is 29.1 Å². The lowest BCUT2D eigenvalue weighted by atomic mass is 10.1. The molecule has 0 spiro atoms. The maximum absolute atomic E-state index is 13.0. The van der Waals surface area contributed by atoms with Crippen LogP contribution in [0.5, 0.6) is 0 Å². The summed E-state index contributed by atoms with van der Waals surface area (Å²) in [6.45, 7) is 0.656. The molecule has 6 nitrogen and oxygen atoms in total. The second-order valence-corrected chi connectivity index (χ2v) is 7.84. The second kappa shape index (κ2) is 8.02. The zero-order chi connectivity index (χ0) is 20.4. The summed E-state index contributed by atoms with van der Waals surface area (Å²) < 4.78 is 15.8. The summed E-state index contributed by atoms with van der Waals surface area (Å²) in [7, 11) is 0. The van der Waals surface area contributed by atoms with Gasteiger partial charge in [0.25, 0.3) is 5.69 Å². The molecule has 4 aromatic rings. The summed E-state index contributed by atoms with van der Waals surface area (Å²) in [5, 5.41) is 11.7. The van der Waals surface area contributed by atoms with E-state index in [2.05, 4.69) is 4.98 Å². The molecule has 0 saturated heterocycles. The van der Waals surface area contributed by atoms with Crippen molar-refractivity contribution in [3.8, 4) is 0 Å². The number of benzene rings is 2. The first kappa shape index (κ1) is 19.1. The molecule has 1 unspecified atom stereocenters. The molecule has 0 saturated carbocycles. The summed E-state index contributed by atoms with van der Waals surface area (Å²) >= 11 is 1.39.